The predicted octanol–water partition coefficient (Wildman–Crippen LogP) is 2.61. The lowest BCUT2D eigenvalue weighted by atomic mass is 10.1. The minimum Gasteiger partial charge on any atom is -0.480 e. The van der Waals surface area contributed by atoms with Crippen molar-refractivity contribution in [3.63, 3.8) is 0 Å². The van der Waals surface area contributed by atoms with Gasteiger partial charge in [-0.3, -0.25) is 0 Å². The first kappa shape index (κ1) is 13.2. The molecule has 2 N–H and O–H groups in total. The molecule has 7 heteroatoms. The topological polar surface area (TPSA) is 73.1 Å². The number of carboxylic acids is 1. The second kappa shape index (κ2) is 4.16. The third-order valence-electron chi connectivity index (χ3n) is 3.00. The molecule has 19 heavy (non-hydrogen) atoms. The van der Waals surface area contributed by atoms with Gasteiger partial charge in [-0.15, -0.1) is 0 Å². The van der Waals surface area contributed by atoms with Crippen molar-refractivity contribution in [3.05, 3.63) is 29.3 Å². The lowest BCUT2D eigenvalue weighted by Gasteiger charge is -2.16. The van der Waals surface area contributed by atoms with Gasteiger partial charge in [-0.05, 0) is 31.0 Å². The van der Waals surface area contributed by atoms with E-state index in [1.807, 2.05) is 0 Å². The number of carboxylic acid groups (broad SMARTS) is 1. The summed E-state index contributed by atoms with van der Waals surface area (Å²) in [7, 11) is 0. The maximum Gasteiger partial charge on any atom is 0.416 e. The molecule has 0 spiro atoms. The number of hydrogen-bond donors (Lipinski definition) is 2. The molecule has 0 unspecified atom stereocenters. The molecule has 0 aliphatic heterocycles. The minimum atomic E-state index is -4.53. The van der Waals surface area contributed by atoms with E-state index < -0.39 is 23.2 Å². The predicted molar refractivity (Wildman–Crippen MR) is 59.4 cm³/mol. The Labute approximate surface area is 106 Å². The second-order valence-electron chi connectivity index (χ2n) is 4.38. The van der Waals surface area contributed by atoms with E-state index in [0.29, 0.717) is 18.9 Å². The summed E-state index contributed by atoms with van der Waals surface area (Å²) in [6.07, 6.45) is -3.77. The third-order valence-corrected chi connectivity index (χ3v) is 3.00. The third kappa shape index (κ3) is 2.47. The molecule has 0 radical (unpaired) electrons. The highest BCUT2D eigenvalue weighted by atomic mass is 19.4. The molecule has 0 bridgehead atoms. The quantitative estimate of drug-likeness (QED) is 0.885. The number of rotatable bonds is 3. The van der Waals surface area contributed by atoms with Crippen molar-refractivity contribution in [2.24, 2.45) is 0 Å². The van der Waals surface area contributed by atoms with E-state index in [9.17, 15) is 18.0 Å². The lowest BCUT2D eigenvalue weighted by Crippen LogP contribution is -2.31. The first-order valence-corrected chi connectivity index (χ1v) is 5.41. The monoisotopic (exact) mass is 270 g/mol. The highest BCUT2D eigenvalue weighted by Gasteiger charge is 2.50. The van der Waals surface area contributed by atoms with Crippen LogP contribution in [0.25, 0.3) is 0 Å². The van der Waals surface area contributed by atoms with Crippen LogP contribution in [-0.4, -0.2) is 16.6 Å². The van der Waals surface area contributed by atoms with Gasteiger partial charge in [0.15, 0.2) is 0 Å². The molecule has 1 aliphatic rings. The van der Waals surface area contributed by atoms with Gasteiger partial charge < -0.3 is 10.4 Å². The van der Waals surface area contributed by atoms with Crippen LogP contribution in [0.2, 0.25) is 0 Å². The van der Waals surface area contributed by atoms with E-state index in [1.54, 1.807) is 6.07 Å². The zero-order valence-corrected chi connectivity index (χ0v) is 9.58. The van der Waals surface area contributed by atoms with Gasteiger partial charge in [-0.2, -0.15) is 18.4 Å². The van der Waals surface area contributed by atoms with Gasteiger partial charge in [0.2, 0.25) is 0 Å². The average molecular weight is 270 g/mol. The zero-order valence-electron chi connectivity index (χ0n) is 9.58. The highest BCUT2D eigenvalue weighted by Crippen LogP contribution is 2.40. The molecular weight excluding hydrogens is 261 g/mol. The summed E-state index contributed by atoms with van der Waals surface area (Å²) in [5.74, 6) is -1.07. The number of nitriles is 1. The average Bonchev–Trinajstić information content (AvgIpc) is 3.09. The van der Waals surface area contributed by atoms with Gasteiger partial charge in [-0.25, -0.2) is 4.79 Å². The Morgan fingerprint density at radius 3 is 2.47 bits per heavy atom. The summed E-state index contributed by atoms with van der Waals surface area (Å²) < 4.78 is 37.5. The smallest absolute Gasteiger partial charge is 0.416 e. The van der Waals surface area contributed by atoms with E-state index >= 15 is 0 Å². The fraction of sp³-hybridized carbons (Fsp3) is 0.333. The maximum absolute atomic E-state index is 12.5. The van der Waals surface area contributed by atoms with Gasteiger partial charge in [-0.1, -0.05) is 0 Å². The molecular formula is C12H9F3N2O2. The number of nitrogens with zero attached hydrogens (tertiary/aromatic N) is 1. The SMILES string of the molecule is N#Cc1cc(C(F)(F)F)ccc1NC1(C(=O)O)CC1. The number of benzene rings is 1. The van der Waals surface area contributed by atoms with Crippen LogP contribution in [0.5, 0.6) is 0 Å². The molecule has 1 fully saturated rings. The fourth-order valence-electron chi connectivity index (χ4n) is 1.70. The number of halogens is 3. The Morgan fingerprint density at radius 1 is 1.42 bits per heavy atom. The number of carbonyl (C=O) groups is 1. The van der Waals surface area contributed by atoms with Crippen molar-refractivity contribution < 1.29 is 23.1 Å². The van der Waals surface area contributed by atoms with Crippen molar-refractivity contribution in [2.75, 3.05) is 5.32 Å². The molecule has 0 atom stereocenters. The van der Waals surface area contributed by atoms with E-state index in [-0.39, 0.29) is 11.3 Å². The first-order chi connectivity index (χ1) is 8.78. The Hall–Kier alpha value is -2.23. The van der Waals surface area contributed by atoms with Gasteiger partial charge in [0.05, 0.1) is 16.8 Å². The van der Waals surface area contributed by atoms with Crippen molar-refractivity contribution in [3.8, 4) is 6.07 Å². The Morgan fingerprint density at radius 2 is 2.05 bits per heavy atom. The normalized spacial score (nSPS) is 16.5. The van der Waals surface area contributed by atoms with Gasteiger partial charge in [0, 0.05) is 0 Å². The number of aliphatic carboxylic acids is 1. The van der Waals surface area contributed by atoms with Gasteiger partial charge in [0.25, 0.3) is 0 Å². The van der Waals surface area contributed by atoms with Crippen LogP contribution in [0, 0.1) is 11.3 Å². The van der Waals surface area contributed by atoms with Crippen LogP contribution in [0.1, 0.15) is 24.0 Å². The molecule has 1 saturated carbocycles. The molecule has 2 rings (SSSR count). The molecule has 1 aliphatic carbocycles. The molecule has 0 aromatic heterocycles. The van der Waals surface area contributed by atoms with E-state index in [0.717, 1.165) is 12.1 Å². The van der Waals surface area contributed by atoms with Crippen LogP contribution in [-0.2, 0) is 11.0 Å². The van der Waals surface area contributed by atoms with Crippen LogP contribution >= 0.6 is 0 Å². The van der Waals surface area contributed by atoms with Crippen molar-refractivity contribution in [1.29, 1.82) is 5.26 Å². The number of nitrogens with one attached hydrogen (secondary N) is 1. The standard InChI is InChI=1S/C12H9F3N2O2/c13-12(14,15)8-1-2-9(7(5-8)6-16)17-11(3-4-11)10(18)19/h1-2,5,17H,3-4H2,(H,18,19). The number of anilines is 1. The molecule has 4 nitrogen and oxygen atoms in total. The molecule has 100 valence electrons. The van der Waals surface area contributed by atoms with Crippen LogP contribution in [0.15, 0.2) is 18.2 Å². The zero-order chi connectivity index (χ0) is 14.3. The molecule has 0 saturated heterocycles. The lowest BCUT2D eigenvalue weighted by molar-refractivity contribution is -0.139. The van der Waals surface area contributed by atoms with Crippen molar-refractivity contribution >= 4 is 11.7 Å². The Balaban J connectivity index is 2.33. The summed E-state index contributed by atoms with van der Waals surface area (Å²) in [5, 5.41) is 20.5. The molecule has 1 aromatic rings. The second-order valence-corrected chi connectivity index (χ2v) is 4.38. The number of alkyl halides is 3. The minimum absolute atomic E-state index is 0.107. The maximum atomic E-state index is 12.5. The van der Waals surface area contributed by atoms with E-state index in [2.05, 4.69) is 5.32 Å². The highest BCUT2D eigenvalue weighted by molar-refractivity contribution is 5.87. The van der Waals surface area contributed by atoms with Crippen molar-refractivity contribution in [2.45, 2.75) is 24.6 Å². The van der Waals surface area contributed by atoms with Crippen molar-refractivity contribution in [1.82, 2.24) is 0 Å². The summed E-state index contributed by atoms with van der Waals surface area (Å²) in [6.45, 7) is 0. The molecule has 1 aromatic carbocycles. The van der Waals surface area contributed by atoms with E-state index in [4.69, 9.17) is 10.4 Å². The number of hydrogen-bond acceptors (Lipinski definition) is 3. The van der Waals surface area contributed by atoms with Crippen LogP contribution in [0.3, 0.4) is 0 Å². The molecule has 0 amide bonds. The van der Waals surface area contributed by atoms with Gasteiger partial charge in [0.1, 0.15) is 11.6 Å². The van der Waals surface area contributed by atoms with Gasteiger partial charge >= 0.3 is 12.1 Å². The van der Waals surface area contributed by atoms with E-state index in [1.165, 1.54) is 0 Å². The fourth-order valence-corrected chi connectivity index (χ4v) is 1.70. The Bertz CT molecular complexity index is 571. The molecule has 0 heterocycles. The van der Waals surface area contributed by atoms with Crippen LogP contribution in [0.4, 0.5) is 18.9 Å². The summed E-state index contributed by atoms with van der Waals surface area (Å²) in [4.78, 5) is 11.0. The Kier molecular flexibility index (Phi) is 2.89. The summed E-state index contributed by atoms with van der Waals surface area (Å²) in [5.41, 5.74) is -2.20. The first-order valence-electron chi connectivity index (χ1n) is 5.41. The largest absolute Gasteiger partial charge is 0.480 e. The summed E-state index contributed by atoms with van der Waals surface area (Å²) in [6, 6.07) is 4.26. The summed E-state index contributed by atoms with van der Waals surface area (Å²) >= 11 is 0. The van der Waals surface area contributed by atoms with Crippen LogP contribution < -0.4 is 5.32 Å².